The number of para-hydroxylation sites is 3. The molecule has 0 saturated carbocycles. The third-order valence-electron chi connectivity index (χ3n) is 6.46. The number of rotatable bonds is 8. The van der Waals surface area contributed by atoms with Crippen LogP contribution < -0.4 is 14.4 Å². The lowest BCUT2D eigenvalue weighted by Gasteiger charge is -2.19. The molecule has 4 aromatic rings. The van der Waals surface area contributed by atoms with Gasteiger partial charge in [-0.25, -0.2) is 4.98 Å². The molecule has 1 N–H and O–H groups in total. The Morgan fingerprint density at radius 3 is 2.71 bits per heavy atom. The number of aliphatic hydroxyl groups is 1. The van der Waals surface area contributed by atoms with E-state index in [1.807, 2.05) is 84.3 Å². The number of hydrogen-bond acceptors (Lipinski definition) is 5. The molecular weight excluding hydrogens is 442 g/mol. The normalized spacial score (nSPS) is 16.6. The molecule has 2 heterocycles. The molecule has 0 aliphatic carbocycles. The van der Waals surface area contributed by atoms with Crippen molar-refractivity contribution in [2.24, 2.45) is 0 Å². The van der Waals surface area contributed by atoms with E-state index >= 15 is 0 Å². The molecule has 35 heavy (non-hydrogen) atoms. The van der Waals surface area contributed by atoms with Gasteiger partial charge in [0.05, 0.1) is 24.7 Å². The number of methoxy groups -OCH3 is 1. The van der Waals surface area contributed by atoms with Crippen LogP contribution in [0.1, 0.15) is 23.7 Å². The number of carbonyl (C=O) groups is 1. The van der Waals surface area contributed by atoms with E-state index in [2.05, 4.69) is 0 Å². The van der Waals surface area contributed by atoms with Gasteiger partial charge in [0, 0.05) is 30.6 Å². The number of nitrogens with zero attached hydrogens (tertiary/aromatic N) is 3. The van der Waals surface area contributed by atoms with Gasteiger partial charge in [0.1, 0.15) is 30.0 Å². The SMILES string of the molecule is COc1cccc(N2C[C@H](c3nc4ccccc4n3C[C@@H](O)COc3ccccc3C)CC2=O)c1. The van der Waals surface area contributed by atoms with Crippen LogP contribution in [0.4, 0.5) is 5.69 Å². The lowest BCUT2D eigenvalue weighted by molar-refractivity contribution is -0.117. The number of aliphatic hydroxyl groups excluding tert-OH is 1. The quantitative estimate of drug-likeness (QED) is 0.414. The minimum absolute atomic E-state index is 0.0466. The molecule has 1 amide bonds. The molecule has 7 heteroatoms. The summed E-state index contributed by atoms with van der Waals surface area (Å²) >= 11 is 0. The fourth-order valence-electron chi connectivity index (χ4n) is 4.67. The number of anilines is 1. The van der Waals surface area contributed by atoms with Gasteiger partial charge in [-0.3, -0.25) is 4.79 Å². The third-order valence-corrected chi connectivity index (χ3v) is 6.46. The fraction of sp³-hybridized carbons (Fsp3) is 0.286. The zero-order valence-corrected chi connectivity index (χ0v) is 19.9. The highest BCUT2D eigenvalue weighted by Crippen LogP contribution is 2.34. The summed E-state index contributed by atoms with van der Waals surface area (Å²) in [6, 6.07) is 23.2. The Kier molecular flexibility index (Phi) is 6.42. The molecule has 3 aromatic carbocycles. The molecule has 5 rings (SSSR count). The van der Waals surface area contributed by atoms with Gasteiger partial charge in [-0.2, -0.15) is 0 Å². The minimum Gasteiger partial charge on any atom is -0.497 e. The number of carbonyl (C=O) groups excluding carboxylic acids is 1. The van der Waals surface area contributed by atoms with E-state index in [9.17, 15) is 9.90 Å². The molecule has 2 atom stereocenters. The van der Waals surface area contributed by atoms with Gasteiger partial charge in [0.25, 0.3) is 0 Å². The molecule has 1 aromatic heterocycles. The Morgan fingerprint density at radius 1 is 1.09 bits per heavy atom. The first kappa shape index (κ1) is 22.9. The Morgan fingerprint density at radius 2 is 1.89 bits per heavy atom. The van der Waals surface area contributed by atoms with Gasteiger partial charge >= 0.3 is 0 Å². The van der Waals surface area contributed by atoms with E-state index in [-0.39, 0.29) is 18.4 Å². The molecule has 0 bridgehead atoms. The maximum absolute atomic E-state index is 13.0. The van der Waals surface area contributed by atoms with Crippen LogP contribution in [-0.2, 0) is 11.3 Å². The van der Waals surface area contributed by atoms with Crippen molar-refractivity contribution in [2.45, 2.75) is 31.9 Å². The largest absolute Gasteiger partial charge is 0.497 e. The molecule has 1 fully saturated rings. The van der Waals surface area contributed by atoms with Crippen LogP contribution in [0.25, 0.3) is 11.0 Å². The summed E-state index contributed by atoms with van der Waals surface area (Å²) in [5.41, 5.74) is 3.62. The molecule has 0 spiro atoms. The maximum atomic E-state index is 13.0. The van der Waals surface area contributed by atoms with Crippen molar-refractivity contribution >= 4 is 22.6 Å². The van der Waals surface area contributed by atoms with Crippen LogP contribution in [0.2, 0.25) is 0 Å². The van der Waals surface area contributed by atoms with Gasteiger partial charge in [-0.05, 0) is 42.8 Å². The molecule has 180 valence electrons. The smallest absolute Gasteiger partial charge is 0.227 e. The molecule has 0 radical (unpaired) electrons. The van der Waals surface area contributed by atoms with Crippen LogP contribution in [0.5, 0.6) is 11.5 Å². The molecule has 1 aliphatic heterocycles. The van der Waals surface area contributed by atoms with Gasteiger partial charge in [-0.15, -0.1) is 0 Å². The van der Waals surface area contributed by atoms with E-state index in [1.165, 1.54) is 0 Å². The Labute approximate surface area is 204 Å². The predicted octanol–water partition coefficient (Wildman–Crippen LogP) is 4.31. The van der Waals surface area contributed by atoms with Crippen molar-refractivity contribution in [1.82, 2.24) is 9.55 Å². The first-order valence-electron chi connectivity index (χ1n) is 11.8. The number of aryl methyl sites for hydroxylation is 1. The summed E-state index contributed by atoms with van der Waals surface area (Å²) in [5.74, 6) is 2.23. The predicted molar refractivity (Wildman–Crippen MR) is 135 cm³/mol. The molecule has 0 unspecified atom stereocenters. The summed E-state index contributed by atoms with van der Waals surface area (Å²) < 4.78 is 13.2. The van der Waals surface area contributed by atoms with E-state index in [0.29, 0.717) is 25.3 Å². The second-order valence-electron chi connectivity index (χ2n) is 8.91. The van der Waals surface area contributed by atoms with Crippen LogP contribution >= 0.6 is 0 Å². The summed E-state index contributed by atoms with van der Waals surface area (Å²) in [4.78, 5) is 19.6. The van der Waals surface area contributed by atoms with Crippen LogP contribution in [0.3, 0.4) is 0 Å². The second kappa shape index (κ2) is 9.80. The van der Waals surface area contributed by atoms with Gasteiger partial charge in [0.15, 0.2) is 0 Å². The van der Waals surface area contributed by atoms with E-state index < -0.39 is 6.10 Å². The number of hydrogen-bond donors (Lipinski definition) is 1. The summed E-state index contributed by atoms with van der Waals surface area (Å²) in [7, 11) is 1.62. The Bertz CT molecular complexity index is 1350. The van der Waals surface area contributed by atoms with Gasteiger partial charge in [0.2, 0.25) is 5.91 Å². The summed E-state index contributed by atoms with van der Waals surface area (Å²) in [5, 5.41) is 10.9. The Hall–Kier alpha value is -3.84. The zero-order chi connectivity index (χ0) is 24.4. The van der Waals surface area contributed by atoms with Crippen molar-refractivity contribution in [1.29, 1.82) is 0 Å². The second-order valence-corrected chi connectivity index (χ2v) is 8.91. The number of aromatic nitrogens is 2. The monoisotopic (exact) mass is 471 g/mol. The summed E-state index contributed by atoms with van der Waals surface area (Å²) in [6.45, 7) is 2.99. The molecule has 7 nitrogen and oxygen atoms in total. The zero-order valence-electron chi connectivity index (χ0n) is 19.9. The minimum atomic E-state index is -0.738. The highest BCUT2D eigenvalue weighted by molar-refractivity contribution is 5.96. The highest BCUT2D eigenvalue weighted by Gasteiger charge is 2.35. The number of imidazole rings is 1. The average Bonchev–Trinajstić information content (AvgIpc) is 3.44. The number of fused-ring (bicyclic) bond motifs is 1. The topological polar surface area (TPSA) is 76.8 Å². The molecule has 1 aliphatic rings. The van der Waals surface area contributed by atoms with Crippen molar-refractivity contribution in [3.8, 4) is 11.5 Å². The van der Waals surface area contributed by atoms with Crippen LogP contribution in [0, 0.1) is 6.92 Å². The van der Waals surface area contributed by atoms with E-state index in [4.69, 9.17) is 14.5 Å². The lowest BCUT2D eigenvalue weighted by atomic mass is 10.1. The Balaban J connectivity index is 1.39. The van der Waals surface area contributed by atoms with E-state index in [1.54, 1.807) is 12.0 Å². The standard InChI is InChI=1S/C28H29N3O4/c1-19-8-3-6-13-26(19)35-18-22(32)17-31-25-12-5-4-11-24(25)29-28(31)20-14-27(33)30(16-20)21-9-7-10-23(15-21)34-2/h3-13,15,20,22,32H,14,16-18H2,1-2H3/t20-,22-/m1/s1. The first-order valence-corrected chi connectivity index (χ1v) is 11.8. The van der Waals surface area contributed by atoms with Crippen molar-refractivity contribution in [3.05, 3.63) is 84.2 Å². The molecular formula is C28H29N3O4. The molecule has 1 saturated heterocycles. The number of ether oxygens (including phenoxy) is 2. The first-order chi connectivity index (χ1) is 17.0. The van der Waals surface area contributed by atoms with Crippen LogP contribution in [0.15, 0.2) is 72.8 Å². The third kappa shape index (κ3) is 4.72. The van der Waals surface area contributed by atoms with Gasteiger partial charge in [-0.1, -0.05) is 36.4 Å². The number of amides is 1. The van der Waals surface area contributed by atoms with Gasteiger partial charge < -0.3 is 24.0 Å². The fourth-order valence-corrected chi connectivity index (χ4v) is 4.67. The highest BCUT2D eigenvalue weighted by atomic mass is 16.5. The lowest BCUT2D eigenvalue weighted by Crippen LogP contribution is -2.26. The van der Waals surface area contributed by atoms with Crippen molar-refractivity contribution in [3.63, 3.8) is 0 Å². The van der Waals surface area contributed by atoms with Crippen molar-refractivity contribution < 1.29 is 19.4 Å². The van der Waals surface area contributed by atoms with E-state index in [0.717, 1.165) is 33.9 Å². The average molecular weight is 472 g/mol. The van der Waals surface area contributed by atoms with Crippen LogP contribution in [-0.4, -0.2) is 46.9 Å². The maximum Gasteiger partial charge on any atom is 0.227 e. The summed E-state index contributed by atoms with van der Waals surface area (Å²) in [6.07, 6.45) is -0.381. The number of benzene rings is 3. The van der Waals surface area contributed by atoms with Crippen molar-refractivity contribution in [2.75, 3.05) is 25.2 Å².